The lowest BCUT2D eigenvalue weighted by Gasteiger charge is -2.29. The predicted octanol–water partition coefficient (Wildman–Crippen LogP) is 1.84. The fourth-order valence-electron chi connectivity index (χ4n) is 5.41. The number of aliphatic hydroxyl groups is 1. The van der Waals surface area contributed by atoms with E-state index in [1.165, 1.54) is 4.90 Å². The molecule has 3 atom stereocenters. The molecular formula is C28H30N4O6. The first-order valence-corrected chi connectivity index (χ1v) is 12.7. The second-order valence-electron chi connectivity index (χ2n) is 9.69. The number of ketones is 1. The second kappa shape index (κ2) is 10.7. The summed E-state index contributed by atoms with van der Waals surface area (Å²) in [6.45, 7) is 0.0270. The molecule has 0 bridgehead atoms. The van der Waals surface area contributed by atoms with E-state index in [1.807, 2.05) is 24.3 Å². The summed E-state index contributed by atoms with van der Waals surface area (Å²) in [7, 11) is 1.56. The number of hydrogen-bond acceptors (Lipinski definition) is 6. The van der Waals surface area contributed by atoms with Gasteiger partial charge in [-0.2, -0.15) is 0 Å². The summed E-state index contributed by atoms with van der Waals surface area (Å²) in [6.07, 6.45) is 1.46. The van der Waals surface area contributed by atoms with Crippen LogP contribution in [0.3, 0.4) is 0 Å². The number of nitrogens with zero attached hydrogens (tertiary/aromatic N) is 1. The summed E-state index contributed by atoms with van der Waals surface area (Å²) in [6, 6.07) is 12.4. The minimum absolute atomic E-state index is 0.0844. The lowest BCUT2D eigenvalue weighted by molar-refractivity contribution is -0.133. The van der Waals surface area contributed by atoms with Crippen molar-refractivity contribution < 1.29 is 29.0 Å². The molecule has 0 spiro atoms. The maximum absolute atomic E-state index is 13.7. The first-order valence-electron chi connectivity index (χ1n) is 12.7. The fourth-order valence-corrected chi connectivity index (χ4v) is 5.41. The number of methoxy groups -OCH3 is 1. The monoisotopic (exact) mass is 518 g/mol. The summed E-state index contributed by atoms with van der Waals surface area (Å²) in [4.78, 5) is 56.9. The number of rotatable bonds is 8. The Kier molecular flexibility index (Phi) is 7.15. The van der Waals surface area contributed by atoms with Gasteiger partial charge in [0, 0.05) is 29.9 Å². The molecule has 3 amide bonds. The summed E-state index contributed by atoms with van der Waals surface area (Å²) in [5, 5.41) is 15.8. The molecule has 5 rings (SSSR count). The summed E-state index contributed by atoms with van der Waals surface area (Å²) in [5.74, 6) is -1.49. The van der Waals surface area contributed by atoms with Crippen LogP contribution in [0, 0.1) is 5.92 Å². The number of aliphatic hydroxyl groups excluding tert-OH is 1. The SMILES string of the molecule is COc1cccc2[nH]c(C(=O)N3Cc4ccccc4C3C(=O)NC(CC3CCCNC3=O)C(=O)CO)cc12. The van der Waals surface area contributed by atoms with E-state index in [-0.39, 0.29) is 24.8 Å². The van der Waals surface area contributed by atoms with Gasteiger partial charge in [0.1, 0.15) is 24.1 Å². The highest BCUT2D eigenvalue weighted by molar-refractivity contribution is 6.02. The van der Waals surface area contributed by atoms with Crippen molar-refractivity contribution in [1.82, 2.24) is 20.5 Å². The molecule has 1 fully saturated rings. The number of fused-ring (bicyclic) bond motifs is 2. The third-order valence-electron chi connectivity index (χ3n) is 7.37. The van der Waals surface area contributed by atoms with Crippen LogP contribution in [0.4, 0.5) is 0 Å². The number of Topliss-reactive ketones (excluding diaryl/α,β-unsaturated/α-hetero) is 1. The fraction of sp³-hybridized carbons (Fsp3) is 0.357. The molecule has 3 heterocycles. The Morgan fingerprint density at radius 1 is 1.18 bits per heavy atom. The molecule has 0 radical (unpaired) electrons. The van der Waals surface area contributed by atoms with E-state index >= 15 is 0 Å². The first-order chi connectivity index (χ1) is 18.4. The number of piperidine rings is 1. The van der Waals surface area contributed by atoms with Crippen LogP contribution in [0.15, 0.2) is 48.5 Å². The van der Waals surface area contributed by atoms with Gasteiger partial charge in [0.15, 0.2) is 5.78 Å². The number of ether oxygens (including phenoxy) is 1. The van der Waals surface area contributed by atoms with Gasteiger partial charge in [-0.1, -0.05) is 30.3 Å². The van der Waals surface area contributed by atoms with Crippen LogP contribution in [0.25, 0.3) is 10.9 Å². The molecule has 0 saturated carbocycles. The quantitative estimate of drug-likeness (QED) is 0.359. The van der Waals surface area contributed by atoms with Gasteiger partial charge in [-0.3, -0.25) is 19.2 Å². The number of H-pyrrole nitrogens is 1. The Bertz CT molecular complexity index is 1400. The van der Waals surface area contributed by atoms with Crippen LogP contribution >= 0.6 is 0 Å². The molecule has 4 N–H and O–H groups in total. The van der Waals surface area contributed by atoms with Crippen molar-refractivity contribution in [1.29, 1.82) is 0 Å². The molecule has 10 heteroatoms. The van der Waals surface area contributed by atoms with Crippen LogP contribution in [-0.2, 0) is 20.9 Å². The average molecular weight is 519 g/mol. The molecule has 2 aliphatic rings. The largest absolute Gasteiger partial charge is 0.496 e. The molecule has 1 saturated heterocycles. The lowest BCUT2D eigenvalue weighted by Crippen LogP contribution is -2.50. The highest BCUT2D eigenvalue weighted by Crippen LogP contribution is 2.36. The number of carbonyl (C=O) groups excluding carboxylic acids is 4. The van der Waals surface area contributed by atoms with E-state index in [0.29, 0.717) is 30.0 Å². The maximum atomic E-state index is 13.7. The third-order valence-corrected chi connectivity index (χ3v) is 7.37. The summed E-state index contributed by atoms with van der Waals surface area (Å²) < 4.78 is 5.41. The molecule has 198 valence electrons. The van der Waals surface area contributed by atoms with Gasteiger partial charge in [-0.15, -0.1) is 0 Å². The van der Waals surface area contributed by atoms with Gasteiger partial charge >= 0.3 is 0 Å². The zero-order valence-electron chi connectivity index (χ0n) is 21.0. The van der Waals surface area contributed by atoms with E-state index in [1.54, 1.807) is 31.4 Å². The van der Waals surface area contributed by atoms with Crippen LogP contribution in [-0.4, -0.2) is 64.8 Å². The van der Waals surface area contributed by atoms with E-state index in [4.69, 9.17) is 4.74 Å². The van der Waals surface area contributed by atoms with Gasteiger partial charge in [-0.05, 0) is 48.6 Å². The van der Waals surface area contributed by atoms with E-state index in [0.717, 1.165) is 22.9 Å². The smallest absolute Gasteiger partial charge is 0.271 e. The van der Waals surface area contributed by atoms with Gasteiger partial charge in [-0.25, -0.2) is 0 Å². The molecule has 2 aromatic carbocycles. The second-order valence-corrected chi connectivity index (χ2v) is 9.69. The molecule has 1 aromatic heterocycles. The zero-order chi connectivity index (χ0) is 26.8. The van der Waals surface area contributed by atoms with Crippen LogP contribution in [0.5, 0.6) is 5.75 Å². The van der Waals surface area contributed by atoms with Gasteiger partial charge in [0.2, 0.25) is 11.8 Å². The third kappa shape index (κ3) is 4.74. The Balaban J connectivity index is 1.43. The number of nitrogens with one attached hydrogen (secondary N) is 3. The van der Waals surface area contributed by atoms with Crippen molar-refractivity contribution in [2.75, 3.05) is 20.3 Å². The van der Waals surface area contributed by atoms with Gasteiger partial charge < -0.3 is 30.4 Å². The topological polar surface area (TPSA) is 141 Å². The Hall–Kier alpha value is -4.18. The summed E-state index contributed by atoms with van der Waals surface area (Å²) in [5.41, 5.74) is 2.52. The predicted molar refractivity (Wildman–Crippen MR) is 138 cm³/mol. The number of aromatic amines is 1. The van der Waals surface area contributed by atoms with E-state index < -0.39 is 36.3 Å². The molecule has 2 aliphatic heterocycles. The molecule has 38 heavy (non-hydrogen) atoms. The molecular weight excluding hydrogens is 488 g/mol. The first kappa shape index (κ1) is 25.5. The average Bonchev–Trinajstić information content (AvgIpc) is 3.55. The minimum atomic E-state index is -1.05. The van der Waals surface area contributed by atoms with E-state index in [2.05, 4.69) is 15.6 Å². The van der Waals surface area contributed by atoms with Crippen molar-refractivity contribution in [2.24, 2.45) is 5.92 Å². The molecule has 10 nitrogen and oxygen atoms in total. The van der Waals surface area contributed by atoms with Gasteiger partial charge in [0.05, 0.1) is 13.2 Å². The standard InChI is InChI=1S/C28H30N4O6/c1-38-24-10-4-9-20-19(24)13-22(30-20)28(37)32-14-17-6-2-3-8-18(17)25(32)27(36)31-21(23(34)15-33)12-16-7-5-11-29-26(16)35/h2-4,6,8-10,13,16,21,25,30,33H,5,7,11-12,14-15H2,1H3,(H,29,35)(H,31,36). The zero-order valence-corrected chi connectivity index (χ0v) is 21.0. The number of benzene rings is 2. The van der Waals surface area contributed by atoms with Crippen LogP contribution in [0.2, 0.25) is 0 Å². The van der Waals surface area contributed by atoms with Crippen molar-refractivity contribution in [3.05, 3.63) is 65.4 Å². The molecule has 3 aromatic rings. The highest BCUT2D eigenvalue weighted by atomic mass is 16.5. The summed E-state index contributed by atoms with van der Waals surface area (Å²) >= 11 is 0. The number of carbonyl (C=O) groups is 4. The molecule has 0 aliphatic carbocycles. The number of aromatic nitrogens is 1. The minimum Gasteiger partial charge on any atom is -0.496 e. The van der Waals surface area contributed by atoms with Gasteiger partial charge in [0.25, 0.3) is 5.91 Å². The number of amides is 3. The van der Waals surface area contributed by atoms with Crippen LogP contribution in [0.1, 0.15) is 46.9 Å². The Morgan fingerprint density at radius 3 is 2.76 bits per heavy atom. The lowest BCUT2D eigenvalue weighted by atomic mass is 9.90. The van der Waals surface area contributed by atoms with E-state index in [9.17, 15) is 24.3 Å². The normalized spacial score (nSPS) is 19.5. The van der Waals surface area contributed by atoms with Crippen molar-refractivity contribution in [2.45, 2.75) is 37.9 Å². The van der Waals surface area contributed by atoms with Crippen molar-refractivity contribution >= 4 is 34.4 Å². The number of hydrogen-bond donors (Lipinski definition) is 4. The van der Waals surface area contributed by atoms with Crippen molar-refractivity contribution in [3.8, 4) is 5.75 Å². The Morgan fingerprint density at radius 2 is 2.00 bits per heavy atom. The Labute approximate surface area is 219 Å². The van der Waals surface area contributed by atoms with Crippen LogP contribution < -0.4 is 15.4 Å². The maximum Gasteiger partial charge on any atom is 0.271 e. The van der Waals surface area contributed by atoms with Crippen molar-refractivity contribution in [3.63, 3.8) is 0 Å². The molecule has 3 unspecified atom stereocenters. The highest BCUT2D eigenvalue weighted by Gasteiger charge is 2.41.